The van der Waals surface area contributed by atoms with Crippen LogP contribution in [-0.4, -0.2) is 29.9 Å². The first-order valence-electron chi connectivity index (χ1n) is 4.12. The van der Waals surface area contributed by atoms with Gasteiger partial charge in [0.05, 0.1) is 0 Å². The van der Waals surface area contributed by atoms with Crippen LogP contribution in [-0.2, 0) is 4.79 Å². The molecule has 0 bridgehead atoms. The molecule has 0 aromatic carbocycles. The lowest BCUT2D eigenvalue weighted by molar-refractivity contribution is -0.129. The van der Waals surface area contributed by atoms with E-state index in [0.29, 0.717) is 18.5 Å². The van der Waals surface area contributed by atoms with Gasteiger partial charge >= 0.3 is 0 Å². The molecule has 1 fully saturated rings. The van der Waals surface area contributed by atoms with Gasteiger partial charge in [-0.15, -0.1) is 0 Å². The molecule has 64 valence electrons. The number of hydrogen-bond donors (Lipinski definition) is 1. The first kappa shape index (κ1) is 8.53. The highest BCUT2D eigenvalue weighted by Crippen LogP contribution is 2.21. The van der Waals surface area contributed by atoms with Gasteiger partial charge in [0.25, 0.3) is 0 Å². The summed E-state index contributed by atoms with van der Waals surface area (Å²) >= 11 is 0. The summed E-state index contributed by atoms with van der Waals surface area (Å²) in [5.41, 5.74) is 5.52. The number of nitrogens with zero attached hydrogens (tertiary/aromatic N) is 1. The molecule has 0 aliphatic carbocycles. The van der Waals surface area contributed by atoms with Crippen molar-refractivity contribution >= 4 is 5.91 Å². The Labute approximate surface area is 67.5 Å². The topological polar surface area (TPSA) is 46.3 Å². The van der Waals surface area contributed by atoms with E-state index in [2.05, 4.69) is 6.92 Å². The van der Waals surface area contributed by atoms with Gasteiger partial charge in [0, 0.05) is 19.5 Å². The van der Waals surface area contributed by atoms with Crippen LogP contribution in [0.5, 0.6) is 0 Å². The second-order valence-corrected chi connectivity index (χ2v) is 3.36. The highest BCUT2D eigenvalue weighted by molar-refractivity contribution is 5.73. The van der Waals surface area contributed by atoms with Crippen molar-refractivity contribution in [3.8, 4) is 0 Å². The van der Waals surface area contributed by atoms with E-state index in [9.17, 15) is 4.79 Å². The number of likely N-dealkylation sites (tertiary alicyclic amines) is 1. The Balaban J connectivity index is 2.51. The fraction of sp³-hybridized carbons (Fsp3) is 0.875. The van der Waals surface area contributed by atoms with E-state index in [1.54, 1.807) is 6.92 Å². The highest BCUT2D eigenvalue weighted by atomic mass is 16.2. The Bertz CT molecular complexity index is 158. The van der Waals surface area contributed by atoms with Crippen molar-refractivity contribution in [2.75, 3.05) is 13.1 Å². The van der Waals surface area contributed by atoms with Crippen molar-refractivity contribution in [3.05, 3.63) is 0 Å². The number of carbonyl (C=O) groups excluding carboxylic acids is 1. The minimum atomic E-state index is 0.174. The zero-order chi connectivity index (χ0) is 8.43. The first-order chi connectivity index (χ1) is 5.15. The molecule has 0 aromatic rings. The summed E-state index contributed by atoms with van der Waals surface area (Å²) in [6.45, 7) is 5.26. The summed E-state index contributed by atoms with van der Waals surface area (Å²) < 4.78 is 0. The molecule has 0 radical (unpaired) electrons. The lowest BCUT2D eigenvalue weighted by Gasteiger charge is -2.18. The molecule has 1 aliphatic rings. The fourth-order valence-electron chi connectivity index (χ4n) is 1.75. The van der Waals surface area contributed by atoms with E-state index in [0.717, 1.165) is 13.0 Å². The largest absolute Gasteiger partial charge is 0.340 e. The number of nitrogens with two attached hydrogens (primary N) is 1. The van der Waals surface area contributed by atoms with Crippen molar-refractivity contribution in [2.24, 2.45) is 11.7 Å². The Hall–Kier alpha value is -0.570. The second-order valence-electron chi connectivity index (χ2n) is 3.36. The fourth-order valence-corrected chi connectivity index (χ4v) is 1.75. The molecule has 1 aliphatic heterocycles. The molecule has 1 saturated heterocycles. The lowest BCUT2D eigenvalue weighted by atomic mass is 10.1. The lowest BCUT2D eigenvalue weighted by Crippen LogP contribution is -2.32. The summed E-state index contributed by atoms with van der Waals surface area (Å²) in [6.07, 6.45) is 1.07. The summed E-state index contributed by atoms with van der Waals surface area (Å²) in [7, 11) is 0. The van der Waals surface area contributed by atoms with Crippen molar-refractivity contribution in [2.45, 2.75) is 26.3 Å². The molecule has 1 heterocycles. The molecule has 2 unspecified atom stereocenters. The van der Waals surface area contributed by atoms with Crippen LogP contribution >= 0.6 is 0 Å². The number of amides is 1. The van der Waals surface area contributed by atoms with E-state index < -0.39 is 0 Å². The quantitative estimate of drug-likeness (QED) is 0.589. The standard InChI is InChI=1S/C8H16N2O/c1-6-3-8(4-9)5-10(6)7(2)11/h6,8H,3-5,9H2,1-2H3. The third kappa shape index (κ3) is 1.71. The molecule has 2 atom stereocenters. The Morgan fingerprint density at radius 1 is 1.73 bits per heavy atom. The van der Waals surface area contributed by atoms with Crippen LogP contribution in [0.2, 0.25) is 0 Å². The van der Waals surface area contributed by atoms with Gasteiger partial charge in [-0.1, -0.05) is 0 Å². The predicted octanol–water partition coefficient (Wildman–Crippen LogP) is 0.202. The summed E-state index contributed by atoms with van der Waals surface area (Å²) in [5, 5.41) is 0. The molecule has 0 saturated carbocycles. The Morgan fingerprint density at radius 3 is 2.64 bits per heavy atom. The molecular formula is C8H16N2O. The molecular weight excluding hydrogens is 140 g/mol. The maximum absolute atomic E-state index is 11.0. The smallest absolute Gasteiger partial charge is 0.219 e. The zero-order valence-electron chi connectivity index (χ0n) is 7.21. The first-order valence-corrected chi connectivity index (χ1v) is 4.12. The Morgan fingerprint density at radius 2 is 2.36 bits per heavy atom. The van der Waals surface area contributed by atoms with Gasteiger partial charge in [-0.2, -0.15) is 0 Å². The van der Waals surface area contributed by atoms with Gasteiger partial charge in [-0.3, -0.25) is 4.79 Å². The zero-order valence-corrected chi connectivity index (χ0v) is 7.21. The van der Waals surface area contributed by atoms with Gasteiger partial charge in [0.15, 0.2) is 0 Å². The van der Waals surface area contributed by atoms with Crippen molar-refractivity contribution in [1.29, 1.82) is 0 Å². The van der Waals surface area contributed by atoms with Gasteiger partial charge in [-0.05, 0) is 25.8 Å². The third-order valence-electron chi connectivity index (χ3n) is 2.40. The van der Waals surface area contributed by atoms with Gasteiger partial charge in [0.1, 0.15) is 0 Å². The number of hydrogen-bond acceptors (Lipinski definition) is 2. The normalized spacial score (nSPS) is 31.0. The van der Waals surface area contributed by atoms with Crippen LogP contribution < -0.4 is 5.73 Å². The summed E-state index contributed by atoms with van der Waals surface area (Å²) in [4.78, 5) is 12.9. The predicted molar refractivity (Wildman–Crippen MR) is 44.0 cm³/mol. The second kappa shape index (κ2) is 3.22. The molecule has 3 heteroatoms. The monoisotopic (exact) mass is 156 g/mol. The van der Waals surface area contributed by atoms with Crippen molar-refractivity contribution in [3.63, 3.8) is 0 Å². The van der Waals surface area contributed by atoms with Crippen LogP contribution in [0.1, 0.15) is 20.3 Å². The molecule has 2 N–H and O–H groups in total. The SMILES string of the molecule is CC(=O)N1CC(CN)CC1C. The third-order valence-corrected chi connectivity index (χ3v) is 2.40. The van der Waals surface area contributed by atoms with Gasteiger partial charge < -0.3 is 10.6 Å². The summed E-state index contributed by atoms with van der Waals surface area (Å²) in [5.74, 6) is 0.697. The van der Waals surface area contributed by atoms with Crippen molar-refractivity contribution < 1.29 is 4.79 Å². The molecule has 11 heavy (non-hydrogen) atoms. The molecule has 3 nitrogen and oxygen atoms in total. The summed E-state index contributed by atoms with van der Waals surface area (Å²) in [6, 6.07) is 0.390. The van der Waals surface area contributed by atoms with Crippen LogP contribution in [0, 0.1) is 5.92 Å². The average molecular weight is 156 g/mol. The number of rotatable bonds is 1. The molecule has 1 rings (SSSR count). The van der Waals surface area contributed by atoms with Crippen LogP contribution in [0.3, 0.4) is 0 Å². The van der Waals surface area contributed by atoms with Gasteiger partial charge in [0.2, 0.25) is 5.91 Å². The maximum Gasteiger partial charge on any atom is 0.219 e. The van der Waals surface area contributed by atoms with E-state index in [1.165, 1.54) is 0 Å². The average Bonchev–Trinajstić information content (AvgIpc) is 2.30. The maximum atomic E-state index is 11.0. The van der Waals surface area contributed by atoms with E-state index in [1.807, 2.05) is 4.90 Å². The molecule has 0 aromatic heterocycles. The number of carbonyl (C=O) groups is 1. The van der Waals surface area contributed by atoms with Crippen LogP contribution in [0.15, 0.2) is 0 Å². The minimum Gasteiger partial charge on any atom is -0.340 e. The van der Waals surface area contributed by atoms with E-state index >= 15 is 0 Å². The van der Waals surface area contributed by atoms with E-state index in [4.69, 9.17) is 5.73 Å². The molecule has 0 spiro atoms. The van der Waals surface area contributed by atoms with Gasteiger partial charge in [-0.25, -0.2) is 0 Å². The highest BCUT2D eigenvalue weighted by Gasteiger charge is 2.29. The minimum absolute atomic E-state index is 0.174. The van der Waals surface area contributed by atoms with Crippen LogP contribution in [0.25, 0.3) is 0 Å². The Kier molecular flexibility index (Phi) is 2.49. The van der Waals surface area contributed by atoms with Crippen molar-refractivity contribution in [1.82, 2.24) is 4.90 Å². The van der Waals surface area contributed by atoms with Crippen LogP contribution in [0.4, 0.5) is 0 Å². The molecule has 1 amide bonds. The van der Waals surface area contributed by atoms with E-state index in [-0.39, 0.29) is 5.91 Å².